The van der Waals surface area contributed by atoms with Crippen molar-refractivity contribution in [1.82, 2.24) is 10.3 Å². The molecule has 82 valence electrons. The Balaban J connectivity index is 2.48. The third-order valence-corrected chi connectivity index (χ3v) is 2.30. The average Bonchev–Trinajstić information content (AvgIpc) is 2.27. The highest BCUT2D eigenvalue weighted by Crippen LogP contribution is 2.12. The van der Waals surface area contributed by atoms with E-state index in [-0.39, 0.29) is 5.91 Å². The third kappa shape index (κ3) is 3.32. The number of carbonyl (C=O) groups excluding carboxylic acids is 1. The normalized spacial score (nSPS) is 11.1. The number of amides is 1. The van der Waals surface area contributed by atoms with Gasteiger partial charge in [0, 0.05) is 25.5 Å². The number of carbonyl (C=O) groups is 1. The molecule has 0 aliphatic rings. The molecule has 0 unspecified atom stereocenters. The molecular weight excluding hydrogens is 190 g/mol. The lowest BCUT2D eigenvalue weighted by molar-refractivity contribution is -0.129. The Bertz CT molecular complexity index is 322. The van der Waals surface area contributed by atoms with E-state index < -0.39 is 5.41 Å². The van der Waals surface area contributed by atoms with Crippen LogP contribution in [0.3, 0.4) is 0 Å². The molecule has 0 aliphatic carbocycles. The van der Waals surface area contributed by atoms with Crippen molar-refractivity contribution in [3.63, 3.8) is 0 Å². The van der Waals surface area contributed by atoms with Crippen molar-refractivity contribution < 1.29 is 4.79 Å². The second-order valence-corrected chi connectivity index (χ2v) is 4.13. The smallest absolute Gasteiger partial charge is 0.227 e. The molecule has 1 heterocycles. The summed E-state index contributed by atoms with van der Waals surface area (Å²) >= 11 is 0. The molecule has 0 radical (unpaired) electrons. The standard InChI is InChI=1S/C11H17N3O/c1-11(2,8-12)10(15)14-7-9-4-3-5-13-6-9/h3-6H,7-8,12H2,1-2H3,(H,14,15). The fraction of sp³-hybridized carbons (Fsp3) is 0.455. The molecule has 0 saturated carbocycles. The number of hydrogen-bond acceptors (Lipinski definition) is 3. The van der Waals surface area contributed by atoms with Crippen LogP contribution in [0.2, 0.25) is 0 Å². The summed E-state index contributed by atoms with van der Waals surface area (Å²) in [7, 11) is 0. The summed E-state index contributed by atoms with van der Waals surface area (Å²) in [6.45, 7) is 4.49. The second-order valence-electron chi connectivity index (χ2n) is 4.13. The van der Waals surface area contributed by atoms with Gasteiger partial charge in [-0.1, -0.05) is 6.07 Å². The molecule has 0 spiro atoms. The van der Waals surface area contributed by atoms with Crippen molar-refractivity contribution in [3.8, 4) is 0 Å². The summed E-state index contributed by atoms with van der Waals surface area (Å²) in [5, 5.41) is 2.83. The molecular formula is C11H17N3O. The zero-order valence-corrected chi connectivity index (χ0v) is 9.16. The summed E-state index contributed by atoms with van der Waals surface area (Å²) in [6, 6.07) is 3.76. The number of nitrogens with one attached hydrogen (secondary N) is 1. The van der Waals surface area contributed by atoms with Gasteiger partial charge in [-0.15, -0.1) is 0 Å². The van der Waals surface area contributed by atoms with E-state index in [2.05, 4.69) is 10.3 Å². The summed E-state index contributed by atoms with van der Waals surface area (Å²) in [5.74, 6) is -0.0335. The molecule has 0 aromatic carbocycles. The molecule has 1 aromatic heterocycles. The molecule has 0 bridgehead atoms. The first kappa shape index (κ1) is 11.7. The van der Waals surface area contributed by atoms with Crippen LogP contribution in [0.15, 0.2) is 24.5 Å². The maximum atomic E-state index is 11.7. The number of rotatable bonds is 4. The fourth-order valence-electron chi connectivity index (χ4n) is 1.02. The van der Waals surface area contributed by atoms with Gasteiger partial charge in [-0.05, 0) is 25.5 Å². The first-order valence-corrected chi connectivity index (χ1v) is 4.93. The van der Waals surface area contributed by atoms with E-state index in [4.69, 9.17) is 5.73 Å². The van der Waals surface area contributed by atoms with Gasteiger partial charge in [-0.2, -0.15) is 0 Å². The van der Waals surface area contributed by atoms with Crippen molar-refractivity contribution >= 4 is 5.91 Å². The average molecular weight is 207 g/mol. The predicted octanol–water partition coefficient (Wildman–Crippen LogP) is 0.683. The van der Waals surface area contributed by atoms with Gasteiger partial charge in [-0.25, -0.2) is 0 Å². The number of aromatic nitrogens is 1. The van der Waals surface area contributed by atoms with E-state index in [1.807, 2.05) is 26.0 Å². The van der Waals surface area contributed by atoms with Crippen LogP contribution in [0.4, 0.5) is 0 Å². The van der Waals surface area contributed by atoms with Crippen molar-refractivity contribution in [2.75, 3.05) is 6.54 Å². The minimum atomic E-state index is -0.512. The Morgan fingerprint density at radius 3 is 2.87 bits per heavy atom. The van der Waals surface area contributed by atoms with Crippen LogP contribution >= 0.6 is 0 Å². The van der Waals surface area contributed by atoms with Crippen molar-refractivity contribution in [1.29, 1.82) is 0 Å². The molecule has 1 aromatic rings. The van der Waals surface area contributed by atoms with Crippen molar-refractivity contribution in [3.05, 3.63) is 30.1 Å². The Morgan fingerprint density at radius 2 is 2.33 bits per heavy atom. The lowest BCUT2D eigenvalue weighted by atomic mass is 9.93. The molecule has 0 saturated heterocycles. The van der Waals surface area contributed by atoms with Gasteiger partial charge in [0.1, 0.15) is 0 Å². The SMILES string of the molecule is CC(C)(CN)C(=O)NCc1cccnc1. The van der Waals surface area contributed by atoms with Gasteiger partial charge < -0.3 is 11.1 Å². The van der Waals surface area contributed by atoms with Crippen LogP contribution in [-0.4, -0.2) is 17.4 Å². The Kier molecular flexibility index (Phi) is 3.80. The van der Waals surface area contributed by atoms with E-state index in [0.717, 1.165) is 5.56 Å². The first-order chi connectivity index (χ1) is 7.06. The molecule has 0 atom stereocenters. The molecule has 4 heteroatoms. The van der Waals surface area contributed by atoms with Crippen LogP contribution in [0.25, 0.3) is 0 Å². The quantitative estimate of drug-likeness (QED) is 0.763. The third-order valence-electron chi connectivity index (χ3n) is 2.30. The first-order valence-electron chi connectivity index (χ1n) is 4.93. The summed E-state index contributed by atoms with van der Waals surface area (Å²) in [6.07, 6.45) is 3.44. The molecule has 1 amide bonds. The Labute approximate surface area is 89.9 Å². The number of nitrogens with two attached hydrogens (primary N) is 1. The van der Waals surface area contributed by atoms with E-state index in [1.54, 1.807) is 12.4 Å². The molecule has 15 heavy (non-hydrogen) atoms. The van der Waals surface area contributed by atoms with Crippen molar-refractivity contribution in [2.45, 2.75) is 20.4 Å². The number of hydrogen-bond donors (Lipinski definition) is 2. The monoisotopic (exact) mass is 207 g/mol. The molecule has 0 fully saturated rings. The maximum absolute atomic E-state index is 11.7. The number of pyridine rings is 1. The van der Waals surface area contributed by atoms with Gasteiger partial charge in [0.2, 0.25) is 5.91 Å². The molecule has 3 N–H and O–H groups in total. The zero-order chi connectivity index (χ0) is 11.3. The topological polar surface area (TPSA) is 68.0 Å². The van der Waals surface area contributed by atoms with E-state index in [9.17, 15) is 4.79 Å². The Hall–Kier alpha value is -1.42. The van der Waals surface area contributed by atoms with Crippen LogP contribution in [0, 0.1) is 5.41 Å². The molecule has 0 aliphatic heterocycles. The lowest BCUT2D eigenvalue weighted by Crippen LogP contribution is -2.41. The largest absolute Gasteiger partial charge is 0.351 e. The highest BCUT2D eigenvalue weighted by Gasteiger charge is 2.25. The summed E-state index contributed by atoms with van der Waals surface area (Å²) in [5.41, 5.74) is 5.98. The maximum Gasteiger partial charge on any atom is 0.227 e. The van der Waals surface area contributed by atoms with E-state index >= 15 is 0 Å². The van der Waals surface area contributed by atoms with Crippen LogP contribution in [0.1, 0.15) is 19.4 Å². The van der Waals surface area contributed by atoms with Crippen LogP contribution < -0.4 is 11.1 Å². The molecule has 4 nitrogen and oxygen atoms in total. The highest BCUT2D eigenvalue weighted by atomic mass is 16.2. The minimum Gasteiger partial charge on any atom is -0.351 e. The minimum absolute atomic E-state index is 0.0335. The van der Waals surface area contributed by atoms with Gasteiger partial charge in [0.25, 0.3) is 0 Å². The predicted molar refractivity (Wildman–Crippen MR) is 58.9 cm³/mol. The zero-order valence-electron chi connectivity index (χ0n) is 9.16. The van der Waals surface area contributed by atoms with E-state index in [0.29, 0.717) is 13.1 Å². The van der Waals surface area contributed by atoms with Gasteiger partial charge in [-0.3, -0.25) is 9.78 Å². The Morgan fingerprint density at radius 1 is 1.60 bits per heavy atom. The second kappa shape index (κ2) is 4.89. The fourth-order valence-corrected chi connectivity index (χ4v) is 1.02. The van der Waals surface area contributed by atoms with Gasteiger partial charge in [0.05, 0.1) is 5.41 Å². The van der Waals surface area contributed by atoms with Crippen LogP contribution in [-0.2, 0) is 11.3 Å². The van der Waals surface area contributed by atoms with E-state index in [1.165, 1.54) is 0 Å². The molecule has 1 rings (SSSR count). The summed E-state index contributed by atoms with van der Waals surface area (Å²) < 4.78 is 0. The van der Waals surface area contributed by atoms with Crippen LogP contribution in [0.5, 0.6) is 0 Å². The lowest BCUT2D eigenvalue weighted by Gasteiger charge is -2.21. The van der Waals surface area contributed by atoms with Gasteiger partial charge >= 0.3 is 0 Å². The van der Waals surface area contributed by atoms with Crippen molar-refractivity contribution in [2.24, 2.45) is 11.1 Å². The summed E-state index contributed by atoms with van der Waals surface area (Å²) in [4.78, 5) is 15.6. The highest BCUT2D eigenvalue weighted by molar-refractivity contribution is 5.81. The van der Waals surface area contributed by atoms with Gasteiger partial charge in [0.15, 0.2) is 0 Å². The number of nitrogens with zero attached hydrogens (tertiary/aromatic N) is 1.